The van der Waals surface area contributed by atoms with E-state index in [9.17, 15) is 4.79 Å². The summed E-state index contributed by atoms with van der Waals surface area (Å²) in [6.07, 6.45) is 5.50. The molecule has 0 atom stereocenters. The summed E-state index contributed by atoms with van der Waals surface area (Å²) < 4.78 is 10.7. The molecule has 29 heavy (non-hydrogen) atoms. The monoisotopic (exact) mass is 389 g/mol. The van der Waals surface area contributed by atoms with Crippen molar-refractivity contribution in [2.45, 2.75) is 12.8 Å². The Balaban J connectivity index is 1.48. The van der Waals surface area contributed by atoms with E-state index in [0.29, 0.717) is 40.1 Å². The topological polar surface area (TPSA) is 89.5 Å². The lowest BCUT2D eigenvalue weighted by molar-refractivity contribution is 0.102. The minimum absolute atomic E-state index is 0.183. The van der Waals surface area contributed by atoms with Gasteiger partial charge in [-0.05, 0) is 37.1 Å². The van der Waals surface area contributed by atoms with Gasteiger partial charge in [0.15, 0.2) is 11.5 Å². The van der Waals surface area contributed by atoms with E-state index in [2.05, 4.69) is 20.2 Å². The molecule has 0 aliphatic carbocycles. The Bertz CT molecular complexity index is 1050. The van der Waals surface area contributed by atoms with Crippen LogP contribution in [-0.2, 0) is 0 Å². The molecular formula is C21H19N5O3. The van der Waals surface area contributed by atoms with Crippen LogP contribution in [0.5, 0.6) is 11.5 Å². The number of pyridine rings is 1. The summed E-state index contributed by atoms with van der Waals surface area (Å²) in [6.45, 7) is 2.02. The van der Waals surface area contributed by atoms with Gasteiger partial charge in [-0.25, -0.2) is 9.97 Å². The third-order valence-corrected chi connectivity index (χ3v) is 4.95. The third kappa shape index (κ3) is 3.44. The van der Waals surface area contributed by atoms with Crippen molar-refractivity contribution in [2.24, 2.45) is 0 Å². The Hall–Kier alpha value is -3.68. The van der Waals surface area contributed by atoms with E-state index in [-0.39, 0.29) is 12.7 Å². The predicted octanol–water partition coefficient (Wildman–Crippen LogP) is 3.12. The molecule has 0 spiro atoms. The first-order chi connectivity index (χ1) is 14.3. The summed E-state index contributed by atoms with van der Waals surface area (Å²) >= 11 is 0. The molecule has 1 N–H and O–H groups in total. The van der Waals surface area contributed by atoms with Crippen molar-refractivity contribution in [3.63, 3.8) is 0 Å². The van der Waals surface area contributed by atoms with Crippen LogP contribution in [0.15, 0.2) is 48.8 Å². The van der Waals surface area contributed by atoms with Gasteiger partial charge in [-0.3, -0.25) is 9.78 Å². The second kappa shape index (κ2) is 7.38. The van der Waals surface area contributed by atoms with Crippen molar-refractivity contribution in [1.29, 1.82) is 0 Å². The van der Waals surface area contributed by atoms with Crippen molar-refractivity contribution in [3.05, 3.63) is 54.4 Å². The maximum atomic E-state index is 13.0. The average molecular weight is 389 g/mol. The molecule has 1 aromatic carbocycles. The molecule has 0 bridgehead atoms. The standard InChI is InChI=1S/C21H19N5O3/c27-20(24-14-6-7-17-18(11-14)29-13-28-17)15-12-23-21(26-9-3-4-10-26)25-19(15)16-5-1-2-8-22-16/h1-2,5-8,11-12H,3-4,9-10,13H2,(H,24,27). The SMILES string of the molecule is O=C(Nc1ccc2c(c1)OCO2)c1cnc(N2CCCC2)nc1-c1ccccn1. The van der Waals surface area contributed by atoms with Gasteiger partial charge in [0.25, 0.3) is 5.91 Å². The van der Waals surface area contributed by atoms with E-state index in [4.69, 9.17) is 14.5 Å². The van der Waals surface area contributed by atoms with Crippen LogP contribution in [0.4, 0.5) is 11.6 Å². The highest BCUT2D eigenvalue weighted by Gasteiger charge is 2.22. The number of aromatic nitrogens is 3. The Kier molecular flexibility index (Phi) is 4.44. The molecular weight excluding hydrogens is 370 g/mol. The normalized spacial score (nSPS) is 14.8. The van der Waals surface area contributed by atoms with Gasteiger partial charge in [0.05, 0.1) is 11.3 Å². The highest BCUT2D eigenvalue weighted by atomic mass is 16.7. The van der Waals surface area contributed by atoms with Crippen LogP contribution in [-0.4, -0.2) is 40.7 Å². The lowest BCUT2D eigenvalue weighted by Gasteiger charge is -2.17. The van der Waals surface area contributed by atoms with Crippen molar-refractivity contribution >= 4 is 17.5 Å². The van der Waals surface area contributed by atoms with E-state index in [1.54, 1.807) is 30.6 Å². The predicted molar refractivity (Wildman–Crippen MR) is 107 cm³/mol. The third-order valence-electron chi connectivity index (χ3n) is 4.95. The Labute approximate surface area is 167 Å². The quantitative estimate of drug-likeness (QED) is 0.733. The van der Waals surface area contributed by atoms with Gasteiger partial charge in [-0.1, -0.05) is 6.07 Å². The highest BCUT2D eigenvalue weighted by molar-refractivity contribution is 6.07. The number of nitrogens with zero attached hydrogens (tertiary/aromatic N) is 4. The fourth-order valence-electron chi connectivity index (χ4n) is 3.48. The molecule has 0 saturated carbocycles. The minimum atomic E-state index is -0.308. The van der Waals surface area contributed by atoms with Crippen LogP contribution in [0.3, 0.4) is 0 Å². The lowest BCUT2D eigenvalue weighted by Crippen LogP contribution is -2.22. The summed E-state index contributed by atoms with van der Waals surface area (Å²) in [6, 6.07) is 10.8. The smallest absolute Gasteiger partial charge is 0.259 e. The molecule has 1 saturated heterocycles. The van der Waals surface area contributed by atoms with Crippen molar-refractivity contribution < 1.29 is 14.3 Å². The summed E-state index contributed by atoms with van der Waals surface area (Å²) in [7, 11) is 0. The zero-order valence-corrected chi connectivity index (χ0v) is 15.7. The van der Waals surface area contributed by atoms with E-state index in [0.717, 1.165) is 25.9 Å². The molecule has 2 aromatic heterocycles. The molecule has 1 fully saturated rings. The van der Waals surface area contributed by atoms with Crippen molar-refractivity contribution in [2.75, 3.05) is 30.1 Å². The number of carbonyl (C=O) groups excluding carboxylic acids is 1. The van der Waals surface area contributed by atoms with Crippen LogP contribution < -0.4 is 19.7 Å². The van der Waals surface area contributed by atoms with E-state index >= 15 is 0 Å². The number of benzene rings is 1. The number of hydrogen-bond donors (Lipinski definition) is 1. The van der Waals surface area contributed by atoms with E-state index < -0.39 is 0 Å². The molecule has 8 nitrogen and oxygen atoms in total. The van der Waals surface area contributed by atoms with Crippen LogP contribution >= 0.6 is 0 Å². The molecule has 3 aromatic rings. The molecule has 2 aliphatic heterocycles. The minimum Gasteiger partial charge on any atom is -0.454 e. The molecule has 0 unspecified atom stereocenters. The number of carbonyl (C=O) groups is 1. The first-order valence-electron chi connectivity index (χ1n) is 9.52. The molecule has 2 aliphatic rings. The first-order valence-corrected chi connectivity index (χ1v) is 9.52. The van der Waals surface area contributed by atoms with Crippen LogP contribution in [0.2, 0.25) is 0 Å². The number of rotatable bonds is 4. The molecule has 5 rings (SSSR count). The highest BCUT2D eigenvalue weighted by Crippen LogP contribution is 2.34. The lowest BCUT2D eigenvalue weighted by atomic mass is 10.1. The molecule has 146 valence electrons. The fourth-order valence-corrected chi connectivity index (χ4v) is 3.48. The van der Waals surface area contributed by atoms with Gasteiger partial charge in [-0.15, -0.1) is 0 Å². The molecule has 1 amide bonds. The Morgan fingerprint density at radius 2 is 1.90 bits per heavy atom. The van der Waals surface area contributed by atoms with Gasteiger partial charge in [0.1, 0.15) is 5.69 Å². The van der Waals surface area contributed by atoms with Crippen molar-refractivity contribution in [3.8, 4) is 22.9 Å². The largest absolute Gasteiger partial charge is 0.454 e. The average Bonchev–Trinajstić information content (AvgIpc) is 3.46. The number of anilines is 2. The Morgan fingerprint density at radius 3 is 2.72 bits per heavy atom. The maximum Gasteiger partial charge on any atom is 0.259 e. The van der Waals surface area contributed by atoms with E-state index in [1.807, 2.05) is 18.2 Å². The maximum absolute atomic E-state index is 13.0. The van der Waals surface area contributed by atoms with Crippen LogP contribution in [0.1, 0.15) is 23.2 Å². The van der Waals surface area contributed by atoms with Crippen molar-refractivity contribution in [1.82, 2.24) is 15.0 Å². The molecule has 0 radical (unpaired) electrons. The summed E-state index contributed by atoms with van der Waals surface area (Å²) in [5.41, 5.74) is 2.12. The fraction of sp³-hybridized carbons (Fsp3) is 0.238. The zero-order chi connectivity index (χ0) is 19.6. The number of nitrogens with one attached hydrogen (secondary N) is 1. The van der Waals surface area contributed by atoms with Gasteiger partial charge < -0.3 is 19.7 Å². The first kappa shape index (κ1) is 17.4. The summed E-state index contributed by atoms with van der Waals surface area (Å²) in [5.74, 6) is 1.59. The number of ether oxygens (including phenoxy) is 2. The van der Waals surface area contributed by atoms with Gasteiger partial charge in [0.2, 0.25) is 12.7 Å². The Morgan fingerprint density at radius 1 is 1.03 bits per heavy atom. The number of hydrogen-bond acceptors (Lipinski definition) is 7. The zero-order valence-electron chi connectivity index (χ0n) is 15.7. The summed E-state index contributed by atoms with van der Waals surface area (Å²) in [5, 5.41) is 2.89. The van der Waals surface area contributed by atoms with Crippen LogP contribution in [0, 0.1) is 0 Å². The second-order valence-electron chi connectivity index (χ2n) is 6.86. The van der Waals surface area contributed by atoms with E-state index in [1.165, 1.54) is 0 Å². The molecule has 4 heterocycles. The number of fused-ring (bicyclic) bond motifs is 1. The number of amides is 1. The van der Waals surface area contributed by atoms with Gasteiger partial charge in [0, 0.05) is 37.2 Å². The molecule has 8 heteroatoms. The summed E-state index contributed by atoms with van der Waals surface area (Å²) in [4.78, 5) is 28.7. The van der Waals surface area contributed by atoms with Crippen LogP contribution in [0.25, 0.3) is 11.4 Å². The van der Waals surface area contributed by atoms with Gasteiger partial charge >= 0.3 is 0 Å². The second-order valence-corrected chi connectivity index (χ2v) is 6.86. The van der Waals surface area contributed by atoms with Gasteiger partial charge in [-0.2, -0.15) is 0 Å².